The third-order valence-corrected chi connectivity index (χ3v) is 4.27. The molecule has 0 unspecified atom stereocenters. The molecule has 23 heavy (non-hydrogen) atoms. The van der Waals surface area contributed by atoms with Crippen LogP contribution >= 0.6 is 11.6 Å². The number of hydrogen-bond acceptors (Lipinski definition) is 2. The van der Waals surface area contributed by atoms with Crippen molar-refractivity contribution in [3.63, 3.8) is 0 Å². The highest BCUT2D eigenvalue weighted by Crippen LogP contribution is 2.13. The zero-order valence-electron chi connectivity index (χ0n) is 13.7. The van der Waals surface area contributed by atoms with Crippen molar-refractivity contribution in [2.45, 2.75) is 38.8 Å². The van der Waals surface area contributed by atoms with Gasteiger partial charge in [-0.3, -0.25) is 4.79 Å². The second-order valence-corrected chi connectivity index (χ2v) is 6.48. The first-order valence-corrected chi connectivity index (χ1v) is 8.40. The molecule has 2 rings (SSSR count). The minimum absolute atomic E-state index is 0.00537. The molecule has 0 aliphatic carbocycles. The number of piperidine rings is 1. The first kappa shape index (κ1) is 17.6. The summed E-state index contributed by atoms with van der Waals surface area (Å²) in [7, 11) is 1.70. The van der Waals surface area contributed by atoms with Crippen molar-refractivity contribution in [1.82, 2.24) is 15.1 Å². The second kappa shape index (κ2) is 8.20. The summed E-state index contributed by atoms with van der Waals surface area (Å²) in [6.45, 7) is 3.76. The van der Waals surface area contributed by atoms with Crippen molar-refractivity contribution in [3.05, 3.63) is 34.9 Å². The van der Waals surface area contributed by atoms with E-state index in [2.05, 4.69) is 5.32 Å². The molecule has 1 aromatic carbocycles. The van der Waals surface area contributed by atoms with Crippen LogP contribution in [0, 0.1) is 0 Å². The lowest BCUT2D eigenvalue weighted by atomic mass is 10.1. The number of carbonyl (C=O) groups is 2. The van der Waals surface area contributed by atoms with Crippen molar-refractivity contribution < 1.29 is 9.59 Å². The van der Waals surface area contributed by atoms with Crippen molar-refractivity contribution >= 4 is 23.5 Å². The largest absolute Gasteiger partial charge is 0.341 e. The maximum absolute atomic E-state index is 12.3. The van der Waals surface area contributed by atoms with E-state index in [0.29, 0.717) is 11.6 Å². The number of nitrogens with one attached hydrogen (secondary N) is 1. The number of halogens is 1. The zero-order chi connectivity index (χ0) is 16.8. The van der Waals surface area contributed by atoms with E-state index < -0.39 is 6.04 Å². The van der Waals surface area contributed by atoms with E-state index in [0.717, 1.165) is 31.5 Å². The van der Waals surface area contributed by atoms with Crippen molar-refractivity contribution in [3.8, 4) is 0 Å². The molecule has 1 atom stereocenters. The molecule has 1 heterocycles. The van der Waals surface area contributed by atoms with Gasteiger partial charge in [-0.05, 0) is 43.9 Å². The van der Waals surface area contributed by atoms with E-state index in [1.165, 1.54) is 6.42 Å². The van der Waals surface area contributed by atoms with E-state index in [4.69, 9.17) is 11.6 Å². The van der Waals surface area contributed by atoms with Crippen LogP contribution in [-0.4, -0.2) is 47.9 Å². The van der Waals surface area contributed by atoms with Crippen LogP contribution in [0.5, 0.6) is 0 Å². The Morgan fingerprint density at radius 2 is 2.00 bits per heavy atom. The summed E-state index contributed by atoms with van der Waals surface area (Å²) in [6, 6.07) is 6.62. The average molecular weight is 338 g/mol. The molecule has 0 saturated carbocycles. The lowest BCUT2D eigenvalue weighted by molar-refractivity contribution is -0.133. The Kier molecular flexibility index (Phi) is 6.28. The van der Waals surface area contributed by atoms with E-state index >= 15 is 0 Å². The maximum atomic E-state index is 12.3. The van der Waals surface area contributed by atoms with Gasteiger partial charge in [-0.15, -0.1) is 0 Å². The van der Waals surface area contributed by atoms with Gasteiger partial charge in [-0.2, -0.15) is 0 Å². The van der Waals surface area contributed by atoms with Gasteiger partial charge >= 0.3 is 6.03 Å². The molecule has 1 aromatic rings. The number of nitrogens with zero attached hydrogens (tertiary/aromatic N) is 2. The molecule has 126 valence electrons. The summed E-state index contributed by atoms with van der Waals surface area (Å²) >= 11 is 5.95. The first-order valence-electron chi connectivity index (χ1n) is 8.02. The van der Waals surface area contributed by atoms with Crippen molar-refractivity contribution in [1.29, 1.82) is 0 Å². The molecule has 0 bridgehead atoms. The molecule has 6 heteroatoms. The molecule has 0 spiro atoms. The lowest BCUT2D eigenvalue weighted by Gasteiger charge is -2.30. The van der Waals surface area contributed by atoms with Crippen LogP contribution in [0.25, 0.3) is 0 Å². The average Bonchev–Trinajstić information content (AvgIpc) is 2.54. The third-order valence-electron chi connectivity index (χ3n) is 4.03. The molecule has 1 saturated heterocycles. The van der Waals surface area contributed by atoms with Gasteiger partial charge < -0.3 is 15.1 Å². The van der Waals surface area contributed by atoms with Crippen LogP contribution in [0.3, 0.4) is 0 Å². The molecule has 1 N–H and O–H groups in total. The highest BCUT2D eigenvalue weighted by atomic mass is 35.5. The fourth-order valence-electron chi connectivity index (χ4n) is 2.73. The van der Waals surface area contributed by atoms with Gasteiger partial charge in [0.25, 0.3) is 0 Å². The topological polar surface area (TPSA) is 52.7 Å². The van der Waals surface area contributed by atoms with E-state index in [1.54, 1.807) is 24.9 Å². The SMILES string of the molecule is C[C@H](NC(=O)N(C)Cc1cccc(Cl)c1)C(=O)N1CCCCC1. The Hall–Kier alpha value is -1.75. The van der Waals surface area contributed by atoms with Gasteiger partial charge in [0.05, 0.1) is 0 Å². The molecule has 0 radical (unpaired) electrons. The second-order valence-electron chi connectivity index (χ2n) is 6.04. The van der Waals surface area contributed by atoms with Crippen molar-refractivity contribution in [2.75, 3.05) is 20.1 Å². The molecule has 1 aliphatic rings. The smallest absolute Gasteiger partial charge is 0.318 e. The molecule has 5 nitrogen and oxygen atoms in total. The molecule has 0 aromatic heterocycles. The van der Waals surface area contributed by atoms with Crippen LogP contribution in [0.15, 0.2) is 24.3 Å². The Morgan fingerprint density at radius 1 is 1.30 bits per heavy atom. The number of rotatable bonds is 4. The first-order chi connectivity index (χ1) is 11.0. The fraction of sp³-hybridized carbons (Fsp3) is 0.529. The van der Waals surface area contributed by atoms with Gasteiger partial charge in [0.15, 0.2) is 0 Å². The minimum Gasteiger partial charge on any atom is -0.341 e. The van der Waals surface area contributed by atoms with Gasteiger partial charge in [0, 0.05) is 31.7 Å². The predicted octanol–water partition coefficient (Wildman–Crippen LogP) is 2.88. The number of likely N-dealkylation sites (tertiary alicyclic amines) is 1. The molecule has 1 fully saturated rings. The van der Waals surface area contributed by atoms with Gasteiger partial charge in [-0.1, -0.05) is 23.7 Å². The quantitative estimate of drug-likeness (QED) is 0.918. The van der Waals surface area contributed by atoms with E-state index in [9.17, 15) is 9.59 Å². The minimum atomic E-state index is -0.512. The number of carbonyl (C=O) groups excluding carboxylic acids is 2. The standard InChI is InChI=1S/C17H24ClN3O2/c1-13(16(22)21-9-4-3-5-10-21)19-17(23)20(2)12-14-7-6-8-15(18)11-14/h6-8,11,13H,3-5,9-10,12H2,1-2H3,(H,19,23)/t13-/m0/s1. The molecule has 1 aliphatic heterocycles. The number of urea groups is 1. The summed E-state index contributed by atoms with van der Waals surface area (Å²) in [6.07, 6.45) is 3.26. The summed E-state index contributed by atoms with van der Waals surface area (Å²) < 4.78 is 0. The predicted molar refractivity (Wildman–Crippen MR) is 91.3 cm³/mol. The maximum Gasteiger partial charge on any atom is 0.318 e. The number of hydrogen-bond donors (Lipinski definition) is 1. The summed E-state index contributed by atoms with van der Waals surface area (Å²) in [5.41, 5.74) is 0.949. The van der Waals surface area contributed by atoms with Crippen LogP contribution < -0.4 is 5.32 Å². The Bertz CT molecular complexity index is 559. The highest BCUT2D eigenvalue weighted by Gasteiger charge is 2.24. The summed E-state index contributed by atoms with van der Waals surface area (Å²) in [5, 5.41) is 3.42. The van der Waals surface area contributed by atoms with Crippen LogP contribution in [0.1, 0.15) is 31.7 Å². The monoisotopic (exact) mass is 337 g/mol. The van der Waals surface area contributed by atoms with Crippen LogP contribution in [-0.2, 0) is 11.3 Å². The molecular weight excluding hydrogens is 314 g/mol. The van der Waals surface area contributed by atoms with Crippen LogP contribution in [0.4, 0.5) is 4.79 Å². The molecular formula is C17H24ClN3O2. The Labute approximate surface area is 142 Å². The van der Waals surface area contributed by atoms with Gasteiger partial charge in [0.2, 0.25) is 5.91 Å². The van der Waals surface area contributed by atoms with Crippen LogP contribution in [0.2, 0.25) is 5.02 Å². The Balaban J connectivity index is 1.85. The normalized spacial score (nSPS) is 15.9. The van der Waals surface area contributed by atoms with Gasteiger partial charge in [-0.25, -0.2) is 4.79 Å². The van der Waals surface area contributed by atoms with Crippen molar-refractivity contribution in [2.24, 2.45) is 0 Å². The fourth-order valence-corrected chi connectivity index (χ4v) is 2.94. The zero-order valence-corrected chi connectivity index (χ0v) is 14.5. The van der Waals surface area contributed by atoms with E-state index in [-0.39, 0.29) is 11.9 Å². The van der Waals surface area contributed by atoms with E-state index in [1.807, 2.05) is 23.1 Å². The van der Waals surface area contributed by atoms with Gasteiger partial charge in [0.1, 0.15) is 6.04 Å². The number of benzene rings is 1. The molecule has 3 amide bonds. The summed E-state index contributed by atoms with van der Waals surface area (Å²) in [5.74, 6) is -0.00537. The highest BCUT2D eigenvalue weighted by molar-refractivity contribution is 6.30. The Morgan fingerprint density at radius 3 is 2.65 bits per heavy atom. The third kappa shape index (κ3) is 5.13. The number of amides is 3. The summed E-state index contributed by atoms with van der Waals surface area (Å²) in [4.78, 5) is 28.0. The lowest BCUT2D eigenvalue weighted by Crippen LogP contribution is -2.51.